The van der Waals surface area contributed by atoms with Crippen molar-refractivity contribution in [1.82, 2.24) is 25.8 Å². The predicted molar refractivity (Wildman–Crippen MR) is 226 cm³/mol. The van der Waals surface area contributed by atoms with E-state index < -0.39 is 6.09 Å². The number of fused-ring (bicyclic) bond motifs is 4. The number of aliphatic hydroxyl groups is 1. The van der Waals surface area contributed by atoms with Crippen molar-refractivity contribution in [2.45, 2.75) is 60.8 Å². The number of esters is 1. The Bertz CT molecular complexity index is 1390. The van der Waals surface area contributed by atoms with Crippen LogP contribution in [0.5, 0.6) is 0 Å². The van der Waals surface area contributed by atoms with E-state index in [-0.39, 0.29) is 79.5 Å². The van der Waals surface area contributed by atoms with Crippen LogP contribution in [0.1, 0.15) is 60.8 Å². The van der Waals surface area contributed by atoms with Gasteiger partial charge in [0.2, 0.25) is 11.8 Å². The van der Waals surface area contributed by atoms with E-state index >= 15 is 0 Å². The maximum atomic E-state index is 13.0. The van der Waals surface area contributed by atoms with E-state index in [1.807, 2.05) is 6.08 Å². The van der Waals surface area contributed by atoms with Crippen molar-refractivity contribution in [3.63, 3.8) is 0 Å². The van der Waals surface area contributed by atoms with Gasteiger partial charge in [0.15, 0.2) is 0 Å². The molecule has 0 aromatic heterocycles. The van der Waals surface area contributed by atoms with E-state index in [0.717, 1.165) is 19.3 Å². The summed E-state index contributed by atoms with van der Waals surface area (Å²) in [6.07, 6.45) is 10.6. The van der Waals surface area contributed by atoms with Gasteiger partial charge in [-0.3, -0.25) is 14.4 Å². The summed E-state index contributed by atoms with van der Waals surface area (Å²) in [5.74, 6) is 0.0955. The molecule has 5 rings (SSSR count). The second-order valence-corrected chi connectivity index (χ2v) is 14.5. The zero-order valence-electron chi connectivity index (χ0n) is 36.3. The third kappa shape index (κ3) is 17.4. The van der Waals surface area contributed by atoms with E-state index in [2.05, 4.69) is 43.8 Å². The van der Waals surface area contributed by atoms with Gasteiger partial charge in [0.05, 0.1) is 52.5 Å². The third-order valence-corrected chi connectivity index (χ3v) is 10.8. The van der Waals surface area contributed by atoms with Crippen LogP contribution in [0.25, 0.3) is 0 Å². The van der Waals surface area contributed by atoms with Gasteiger partial charge in [-0.25, -0.2) is 24.2 Å². The number of rotatable bonds is 16. The van der Waals surface area contributed by atoms with Crippen LogP contribution in [0.3, 0.4) is 0 Å². The Kier molecular flexibility index (Phi) is 27.3. The zero-order valence-corrected chi connectivity index (χ0v) is 36.3. The maximum Gasteiger partial charge on any atom is 0.409 e. The van der Waals surface area contributed by atoms with Crippen LogP contribution in [0.15, 0.2) is 24.3 Å². The van der Waals surface area contributed by atoms with Crippen LogP contribution < -0.4 is 21.7 Å². The van der Waals surface area contributed by atoms with Gasteiger partial charge in [0, 0.05) is 64.3 Å². The summed E-state index contributed by atoms with van der Waals surface area (Å²) in [5.41, 5.74) is 5.20. The smallest absolute Gasteiger partial charge is 0.409 e. The first-order valence-corrected chi connectivity index (χ1v) is 21.2. The molecule has 0 spiro atoms. The number of allylic oxidation sites excluding steroid dienone is 4. The first-order valence-electron chi connectivity index (χ1n) is 21.2. The summed E-state index contributed by atoms with van der Waals surface area (Å²) in [6.45, 7) is 12.8. The van der Waals surface area contributed by atoms with Crippen LogP contribution in [0.2, 0.25) is 0 Å². The lowest BCUT2D eigenvalue weighted by atomic mass is 9.82. The minimum Gasteiger partial charge on any atom is -0.469 e. The number of nitrogens with zero attached hydrogens (tertiary/aromatic N) is 2. The molecule has 0 aromatic rings. The number of ether oxygens (including phenoxy) is 4. The number of nitrogens with two attached hydrogens (primary N) is 1. The number of nitrogens with one attached hydrogen (secondary N) is 3. The molecule has 3 fully saturated rings. The minimum absolute atomic E-state index is 0. The van der Waals surface area contributed by atoms with E-state index in [9.17, 15) is 28.8 Å². The zero-order chi connectivity index (χ0) is 44.5. The van der Waals surface area contributed by atoms with Crippen molar-refractivity contribution in [1.29, 1.82) is 0 Å². The van der Waals surface area contributed by atoms with E-state index in [1.165, 1.54) is 14.2 Å². The molecule has 350 valence electrons. The van der Waals surface area contributed by atoms with Crippen LogP contribution in [0, 0.1) is 47.3 Å². The Morgan fingerprint density at radius 1 is 0.672 bits per heavy atom. The van der Waals surface area contributed by atoms with Crippen LogP contribution in [-0.4, -0.2) is 151 Å². The average molecular weight is 871 g/mol. The fourth-order valence-electron chi connectivity index (χ4n) is 8.10. The standard InChI is InChI=1S/C17H24N2O5.C16H26N2O5.C6H14N2O2.C2H6O.CH4/c1-3-24-17(22)19-8-6-18(7-9-19)15(20)13-11-4-5-12(10-11)14(13)16(21)23-2;1-3-22-16(20)18-8-4-7-17-15(19)14-12-6-5-11(9-12)13(14)10-23-21-2;1-2-10-6(9)8-5-3-4-7;1-2-3;/h4-5,11-14H,3,6-10H2,1-2H3;5-6,11-14H,3-4,7-10H2,1-2H3,(H,17,19)(H,18,20);2-5,7H2,1H3,(H,8,9);3H,2H2,1H3;1H4. The highest BCUT2D eigenvalue weighted by atomic mass is 17.2. The molecule has 61 heavy (non-hydrogen) atoms. The van der Waals surface area contributed by atoms with Gasteiger partial charge in [-0.05, 0) is 83.6 Å². The number of alkyl carbamates (subject to hydrolysis) is 2. The summed E-state index contributed by atoms with van der Waals surface area (Å²) >= 11 is 0. The number of carbonyl (C=O) groups is 6. The lowest BCUT2D eigenvalue weighted by molar-refractivity contribution is -0.282. The van der Waals surface area contributed by atoms with Crippen molar-refractivity contribution in [3.05, 3.63) is 24.3 Å². The number of hydrogen-bond acceptors (Lipinski definition) is 14. The minimum atomic E-state index is -0.422. The number of amides is 5. The molecule has 6 N–H and O–H groups in total. The molecular formula is C42H74N6O13. The highest BCUT2D eigenvalue weighted by molar-refractivity contribution is 5.87. The molecule has 5 aliphatic rings. The van der Waals surface area contributed by atoms with Crippen LogP contribution in [0.4, 0.5) is 14.4 Å². The molecule has 8 unspecified atom stereocenters. The lowest BCUT2D eigenvalue weighted by Gasteiger charge is -2.37. The molecule has 2 saturated carbocycles. The van der Waals surface area contributed by atoms with Crippen LogP contribution in [-0.2, 0) is 43.1 Å². The van der Waals surface area contributed by atoms with Crippen molar-refractivity contribution < 1.29 is 62.6 Å². The summed E-state index contributed by atoms with van der Waals surface area (Å²) < 4.78 is 19.3. The quantitative estimate of drug-likeness (QED) is 0.0374. The molecule has 5 amide bonds. The van der Waals surface area contributed by atoms with Crippen LogP contribution >= 0.6 is 0 Å². The fourth-order valence-corrected chi connectivity index (χ4v) is 8.10. The van der Waals surface area contributed by atoms with Gasteiger partial charge in [0.1, 0.15) is 0 Å². The highest BCUT2D eigenvalue weighted by Gasteiger charge is 2.53. The van der Waals surface area contributed by atoms with Gasteiger partial charge in [-0.2, -0.15) is 0 Å². The van der Waals surface area contributed by atoms with Gasteiger partial charge >= 0.3 is 24.2 Å². The molecule has 1 saturated heterocycles. The number of carbonyl (C=O) groups excluding carboxylic acids is 6. The normalized spacial score (nSPS) is 24.6. The molecule has 4 bridgehead atoms. The molecule has 0 aromatic carbocycles. The first kappa shape index (κ1) is 54.6. The molecule has 1 heterocycles. The Labute approximate surface area is 361 Å². The number of aliphatic hydroxyl groups excluding tert-OH is 1. The Morgan fingerprint density at radius 2 is 1.15 bits per heavy atom. The number of methoxy groups -OCH3 is 1. The Morgan fingerprint density at radius 3 is 1.67 bits per heavy atom. The second kappa shape index (κ2) is 30.5. The summed E-state index contributed by atoms with van der Waals surface area (Å²) in [6, 6.07) is 0. The van der Waals surface area contributed by atoms with E-state index in [0.29, 0.717) is 97.0 Å². The number of hydrogen-bond donors (Lipinski definition) is 5. The second-order valence-electron chi connectivity index (χ2n) is 14.5. The summed E-state index contributed by atoms with van der Waals surface area (Å²) in [7, 11) is 2.85. The van der Waals surface area contributed by atoms with Gasteiger partial charge in [0.25, 0.3) is 0 Å². The lowest BCUT2D eigenvalue weighted by Crippen LogP contribution is -2.53. The van der Waals surface area contributed by atoms with Crippen molar-refractivity contribution >= 4 is 36.1 Å². The highest BCUT2D eigenvalue weighted by Crippen LogP contribution is 2.49. The van der Waals surface area contributed by atoms with Gasteiger partial charge in [-0.1, -0.05) is 31.7 Å². The summed E-state index contributed by atoms with van der Waals surface area (Å²) in [5, 5.41) is 15.7. The van der Waals surface area contributed by atoms with E-state index in [4.69, 9.17) is 29.9 Å². The monoisotopic (exact) mass is 871 g/mol. The molecule has 19 nitrogen and oxygen atoms in total. The molecule has 1 aliphatic heterocycles. The molecule has 8 atom stereocenters. The summed E-state index contributed by atoms with van der Waals surface area (Å²) in [4.78, 5) is 84.1. The fraction of sp³-hybridized carbons (Fsp3) is 0.762. The van der Waals surface area contributed by atoms with Crippen molar-refractivity contribution in [2.24, 2.45) is 53.1 Å². The predicted octanol–water partition coefficient (Wildman–Crippen LogP) is 2.87. The Hall–Kier alpha value is -4.46. The number of piperazine rings is 1. The van der Waals surface area contributed by atoms with Gasteiger partial charge in [-0.15, -0.1) is 0 Å². The third-order valence-electron chi connectivity index (χ3n) is 10.8. The molecular weight excluding hydrogens is 796 g/mol. The Balaban J connectivity index is 0.000000471. The first-order chi connectivity index (χ1) is 29.0. The van der Waals surface area contributed by atoms with Gasteiger partial charge < -0.3 is 55.5 Å². The molecule has 4 aliphatic carbocycles. The average Bonchev–Trinajstić information content (AvgIpc) is 4.06. The molecule has 0 radical (unpaired) electrons. The maximum absolute atomic E-state index is 13.0. The topological polar surface area (TPSA) is 247 Å². The largest absolute Gasteiger partial charge is 0.469 e. The molecule has 19 heteroatoms. The SMILES string of the molecule is C.CCO.CCOC(=O)N1CCN(C(=O)C2C3C=CC(C3)C2C(=O)OC)CC1.CCOC(=O)NCCCN.CCOC(=O)NCCCNC(=O)C1C2C=CC(C2)C1COOC. The van der Waals surface area contributed by atoms with E-state index in [1.54, 1.807) is 37.5 Å². The van der Waals surface area contributed by atoms with Crippen molar-refractivity contribution in [3.8, 4) is 0 Å². The van der Waals surface area contributed by atoms with Crippen molar-refractivity contribution in [2.75, 3.05) is 99.6 Å².